The van der Waals surface area contributed by atoms with Crippen molar-refractivity contribution < 1.29 is 19.5 Å². The minimum Gasteiger partial charge on any atom is -0.465 e. The maximum absolute atomic E-state index is 12.4. The van der Waals surface area contributed by atoms with Gasteiger partial charge in [-0.05, 0) is 53.8 Å². The van der Waals surface area contributed by atoms with Gasteiger partial charge in [-0.15, -0.1) is 0 Å². The van der Waals surface area contributed by atoms with E-state index < -0.39 is 17.7 Å². The summed E-state index contributed by atoms with van der Waals surface area (Å²) in [6.07, 6.45) is -0.703. The van der Waals surface area contributed by atoms with Crippen molar-refractivity contribution in [2.75, 3.05) is 11.4 Å². The fourth-order valence-electron chi connectivity index (χ4n) is 4.98. The van der Waals surface area contributed by atoms with Crippen LogP contribution in [0.25, 0.3) is 11.1 Å². The number of carbonyl (C=O) groups is 3. The molecule has 1 heterocycles. The molecule has 1 fully saturated rings. The zero-order valence-corrected chi connectivity index (χ0v) is 19.6. The van der Waals surface area contributed by atoms with Crippen LogP contribution in [0.2, 0.25) is 0 Å². The van der Waals surface area contributed by atoms with Gasteiger partial charge >= 0.3 is 6.09 Å². The molecule has 1 atom stereocenters. The molecule has 2 aliphatic rings. The molecule has 3 aromatic carbocycles. The molecule has 1 saturated heterocycles. The number of nitrogens with zero attached hydrogens (tertiary/aromatic N) is 1. The van der Waals surface area contributed by atoms with Gasteiger partial charge in [-0.25, -0.2) is 4.79 Å². The van der Waals surface area contributed by atoms with Gasteiger partial charge in [0.05, 0.1) is 0 Å². The number of amides is 3. The largest absolute Gasteiger partial charge is 0.465 e. The summed E-state index contributed by atoms with van der Waals surface area (Å²) in [5, 5.41) is 15.6. The van der Waals surface area contributed by atoms with Gasteiger partial charge in [0, 0.05) is 24.6 Å². The molecule has 3 aromatic rings. The van der Waals surface area contributed by atoms with Gasteiger partial charge in [-0.3, -0.25) is 14.5 Å². The molecule has 0 bridgehead atoms. The molecule has 7 nitrogen and oxygen atoms in total. The predicted molar refractivity (Wildman–Crippen MR) is 133 cm³/mol. The van der Waals surface area contributed by atoms with Gasteiger partial charge in [0.2, 0.25) is 11.8 Å². The fourth-order valence-corrected chi connectivity index (χ4v) is 4.98. The number of anilines is 1. The first-order valence-corrected chi connectivity index (χ1v) is 11.7. The first-order chi connectivity index (χ1) is 16.7. The van der Waals surface area contributed by atoms with Crippen LogP contribution in [0.3, 0.4) is 0 Å². The summed E-state index contributed by atoms with van der Waals surface area (Å²) in [5.41, 5.74) is 4.99. The first-order valence-electron chi connectivity index (χ1n) is 11.7. The van der Waals surface area contributed by atoms with Gasteiger partial charge in [-0.2, -0.15) is 0 Å². The van der Waals surface area contributed by atoms with Crippen LogP contribution < -0.4 is 15.5 Å². The lowest BCUT2D eigenvalue weighted by molar-refractivity contribution is -0.140. The Bertz CT molecular complexity index is 1270. The number of fused-ring (bicyclic) bond motifs is 3. The molecule has 3 N–H and O–H groups in total. The Balaban J connectivity index is 1.36. The summed E-state index contributed by atoms with van der Waals surface area (Å²) in [4.78, 5) is 38.3. The topological polar surface area (TPSA) is 98.7 Å². The van der Waals surface area contributed by atoms with E-state index in [1.54, 1.807) is 38.1 Å². The van der Waals surface area contributed by atoms with Crippen LogP contribution in [0, 0.1) is 0 Å². The number of rotatable bonds is 5. The van der Waals surface area contributed by atoms with E-state index in [9.17, 15) is 19.5 Å². The molecule has 1 aliphatic heterocycles. The van der Waals surface area contributed by atoms with Crippen molar-refractivity contribution in [2.24, 2.45) is 0 Å². The first kappa shape index (κ1) is 22.7. The van der Waals surface area contributed by atoms with E-state index in [0.717, 1.165) is 27.8 Å². The minimum absolute atomic E-state index is 0.0670. The van der Waals surface area contributed by atoms with Crippen molar-refractivity contribution >= 4 is 23.6 Å². The summed E-state index contributed by atoms with van der Waals surface area (Å²) in [5.74, 6) is -0.528. The van der Waals surface area contributed by atoms with E-state index in [2.05, 4.69) is 34.9 Å². The molecule has 35 heavy (non-hydrogen) atoms. The van der Waals surface area contributed by atoms with Crippen LogP contribution in [-0.4, -0.2) is 41.1 Å². The van der Waals surface area contributed by atoms with Crippen molar-refractivity contribution in [3.05, 3.63) is 89.5 Å². The fraction of sp³-hybridized carbons (Fsp3) is 0.250. The Kier molecular flexibility index (Phi) is 5.55. The van der Waals surface area contributed by atoms with Gasteiger partial charge in [0.1, 0.15) is 11.6 Å². The molecule has 1 unspecified atom stereocenters. The van der Waals surface area contributed by atoms with E-state index in [-0.39, 0.29) is 17.7 Å². The number of carboxylic acid groups (broad SMARTS) is 1. The standard InChI is InChI=1S/C28H27N3O4/c1-28(2)26(33)29-24(25(32)30-28)15-17-11-13-18(14-12-17)31(27(34)35)16-23-21-9-5-3-7-19(21)20-8-4-6-10-22(20)23/h3-14,23-24H,15-16H2,1-2H3,(H,29,33)(H,30,32)(H,34,35). The highest BCUT2D eigenvalue weighted by Gasteiger charge is 2.39. The summed E-state index contributed by atoms with van der Waals surface area (Å²) in [7, 11) is 0. The van der Waals surface area contributed by atoms with Crippen molar-refractivity contribution in [2.45, 2.75) is 37.8 Å². The number of carbonyl (C=O) groups excluding carboxylic acids is 2. The van der Waals surface area contributed by atoms with Crippen LogP contribution in [0.4, 0.5) is 10.5 Å². The lowest BCUT2D eigenvalue weighted by atomic mass is 9.95. The number of piperazine rings is 1. The van der Waals surface area contributed by atoms with Crippen LogP contribution in [-0.2, 0) is 16.0 Å². The SMILES string of the molecule is CC1(C)NC(=O)C(Cc2ccc(N(CC3c4ccccc4-c4ccccc43)C(=O)O)cc2)NC1=O. The minimum atomic E-state index is -1.03. The summed E-state index contributed by atoms with van der Waals surface area (Å²) < 4.78 is 0. The van der Waals surface area contributed by atoms with E-state index in [0.29, 0.717) is 18.7 Å². The van der Waals surface area contributed by atoms with Crippen LogP contribution in [0.5, 0.6) is 0 Å². The maximum Gasteiger partial charge on any atom is 0.411 e. The quantitative estimate of drug-likeness (QED) is 0.528. The smallest absolute Gasteiger partial charge is 0.411 e. The Morgan fingerprint density at radius 2 is 1.49 bits per heavy atom. The maximum atomic E-state index is 12.4. The highest BCUT2D eigenvalue weighted by Crippen LogP contribution is 2.45. The van der Waals surface area contributed by atoms with E-state index in [1.807, 2.05) is 24.3 Å². The number of nitrogens with one attached hydrogen (secondary N) is 2. The third kappa shape index (κ3) is 4.14. The van der Waals surface area contributed by atoms with Crippen LogP contribution in [0.15, 0.2) is 72.8 Å². The molecule has 178 valence electrons. The van der Waals surface area contributed by atoms with Crippen molar-refractivity contribution in [3.8, 4) is 11.1 Å². The van der Waals surface area contributed by atoms with E-state index >= 15 is 0 Å². The molecular weight excluding hydrogens is 442 g/mol. The molecule has 0 saturated carbocycles. The van der Waals surface area contributed by atoms with E-state index in [1.165, 1.54) is 4.90 Å². The summed E-state index contributed by atoms with van der Waals surface area (Å²) in [6.45, 7) is 3.61. The second-order valence-electron chi connectivity index (χ2n) is 9.63. The van der Waals surface area contributed by atoms with Gasteiger partial charge in [0.25, 0.3) is 0 Å². The lowest BCUT2D eigenvalue weighted by Gasteiger charge is -2.34. The normalized spacial score (nSPS) is 18.3. The molecule has 0 spiro atoms. The highest BCUT2D eigenvalue weighted by molar-refractivity contribution is 5.99. The predicted octanol–water partition coefficient (Wildman–Crippen LogP) is 3.92. The zero-order chi connectivity index (χ0) is 24.7. The Hall–Kier alpha value is -4.13. The molecule has 3 amide bonds. The molecule has 5 rings (SSSR count). The highest BCUT2D eigenvalue weighted by atomic mass is 16.4. The molecular formula is C28H27N3O4. The summed E-state index contributed by atoms with van der Waals surface area (Å²) in [6, 6.07) is 22.7. The Morgan fingerprint density at radius 1 is 0.914 bits per heavy atom. The van der Waals surface area contributed by atoms with Crippen LogP contribution in [0.1, 0.15) is 36.5 Å². The monoisotopic (exact) mass is 469 g/mol. The Morgan fingerprint density at radius 3 is 2.06 bits per heavy atom. The molecule has 0 radical (unpaired) electrons. The average Bonchev–Trinajstić information content (AvgIpc) is 3.15. The average molecular weight is 470 g/mol. The van der Waals surface area contributed by atoms with Crippen molar-refractivity contribution in [1.82, 2.24) is 10.6 Å². The lowest BCUT2D eigenvalue weighted by Crippen LogP contribution is -2.67. The Labute approximate surface area is 203 Å². The van der Waals surface area contributed by atoms with Gasteiger partial charge in [-0.1, -0.05) is 60.7 Å². The van der Waals surface area contributed by atoms with Gasteiger partial charge in [0.15, 0.2) is 0 Å². The third-order valence-corrected chi connectivity index (χ3v) is 6.87. The van der Waals surface area contributed by atoms with Gasteiger partial charge < -0.3 is 15.7 Å². The van der Waals surface area contributed by atoms with Crippen molar-refractivity contribution in [3.63, 3.8) is 0 Å². The number of hydrogen-bond donors (Lipinski definition) is 3. The molecule has 0 aromatic heterocycles. The third-order valence-electron chi connectivity index (χ3n) is 6.87. The summed E-state index contributed by atoms with van der Waals surface area (Å²) >= 11 is 0. The second-order valence-corrected chi connectivity index (χ2v) is 9.63. The van der Waals surface area contributed by atoms with Crippen LogP contribution >= 0.6 is 0 Å². The van der Waals surface area contributed by atoms with Crippen molar-refractivity contribution in [1.29, 1.82) is 0 Å². The molecule has 1 aliphatic carbocycles. The number of benzene rings is 3. The van der Waals surface area contributed by atoms with E-state index in [4.69, 9.17) is 0 Å². The second kappa shape index (κ2) is 8.58. The molecule has 7 heteroatoms. The zero-order valence-electron chi connectivity index (χ0n) is 19.6. The number of hydrogen-bond acceptors (Lipinski definition) is 3.